The Balaban J connectivity index is 2.18. The third-order valence-electron chi connectivity index (χ3n) is 3.35. The summed E-state index contributed by atoms with van der Waals surface area (Å²) in [7, 11) is 0. The van der Waals surface area contributed by atoms with Gasteiger partial charge in [0.2, 0.25) is 0 Å². The van der Waals surface area contributed by atoms with Gasteiger partial charge in [-0.1, -0.05) is 34.2 Å². The van der Waals surface area contributed by atoms with Crippen LogP contribution in [0.2, 0.25) is 0 Å². The molecule has 14 heavy (non-hydrogen) atoms. The van der Waals surface area contributed by atoms with E-state index in [1.807, 2.05) is 18.2 Å². The van der Waals surface area contributed by atoms with Gasteiger partial charge in [0, 0.05) is 17.8 Å². The summed E-state index contributed by atoms with van der Waals surface area (Å²) in [5.41, 5.74) is 0. The number of ketones is 2. The van der Waals surface area contributed by atoms with Gasteiger partial charge in [0.05, 0.1) is 4.48 Å². The van der Waals surface area contributed by atoms with E-state index in [-0.39, 0.29) is 29.3 Å². The molecule has 2 bridgehead atoms. The van der Waals surface area contributed by atoms with E-state index in [0.29, 0.717) is 4.48 Å². The minimum Gasteiger partial charge on any atom is -0.297 e. The highest BCUT2D eigenvalue weighted by molar-refractivity contribution is 9.12. The van der Waals surface area contributed by atoms with Crippen molar-refractivity contribution in [2.24, 2.45) is 17.8 Å². The molecule has 1 saturated carbocycles. The first-order valence-corrected chi connectivity index (χ1v) is 5.98. The lowest BCUT2D eigenvalue weighted by Crippen LogP contribution is -2.29. The maximum Gasteiger partial charge on any atom is 0.174 e. The van der Waals surface area contributed by atoms with Gasteiger partial charge >= 0.3 is 0 Å². The van der Waals surface area contributed by atoms with Crippen molar-refractivity contribution in [3.8, 4) is 0 Å². The van der Waals surface area contributed by atoms with Crippen molar-refractivity contribution in [1.29, 1.82) is 0 Å². The molecule has 0 saturated heterocycles. The van der Waals surface area contributed by atoms with Gasteiger partial charge in [-0.3, -0.25) is 9.59 Å². The van der Waals surface area contributed by atoms with Crippen molar-refractivity contribution >= 4 is 43.4 Å². The van der Waals surface area contributed by atoms with Crippen molar-refractivity contribution in [1.82, 2.24) is 0 Å². The number of hydrogen-bond acceptors (Lipinski definition) is 2. The maximum atomic E-state index is 11.8. The van der Waals surface area contributed by atoms with E-state index in [1.165, 1.54) is 0 Å². The number of hydrogen-bond donors (Lipinski definition) is 0. The smallest absolute Gasteiger partial charge is 0.174 e. The molecule has 0 heterocycles. The van der Waals surface area contributed by atoms with Gasteiger partial charge in [-0.25, -0.2) is 0 Å². The van der Waals surface area contributed by atoms with E-state index in [0.717, 1.165) is 0 Å². The lowest BCUT2D eigenvalue weighted by atomic mass is 9.85. The van der Waals surface area contributed by atoms with E-state index in [4.69, 9.17) is 0 Å². The SMILES string of the molecule is O=C1C(Br)=C[C@@H]2[C@H]1[C@@H]1C=C[C@@]2(Br)C1=O. The molecule has 4 heteroatoms. The Morgan fingerprint density at radius 2 is 2.07 bits per heavy atom. The number of rotatable bonds is 0. The number of Topliss-reactive ketones (excluding diaryl/α,β-unsaturated/α-hetero) is 2. The number of carbonyl (C=O) groups excluding carboxylic acids is 2. The fraction of sp³-hybridized carbons (Fsp3) is 0.400. The van der Waals surface area contributed by atoms with E-state index in [1.54, 1.807) is 0 Å². The van der Waals surface area contributed by atoms with E-state index < -0.39 is 4.32 Å². The minimum absolute atomic E-state index is 0.00637. The van der Waals surface area contributed by atoms with Crippen LogP contribution in [-0.2, 0) is 9.59 Å². The second-order valence-corrected chi connectivity index (χ2v) is 6.11. The summed E-state index contributed by atoms with van der Waals surface area (Å²) in [6, 6.07) is 0. The highest BCUT2D eigenvalue weighted by Gasteiger charge is 2.63. The fourth-order valence-electron chi connectivity index (χ4n) is 2.66. The van der Waals surface area contributed by atoms with Crippen LogP contribution in [0.1, 0.15) is 0 Å². The van der Waals surface area contributed by atoms with Gasteiger partial charge in [0.15, 0.2) is 11.6 Å². The van der Waals surface area contributed by atoms with Gasteiger partial charge in [-0.2, -0.15) is 0 Å². The molecule has 2 nitrogen and oxygen atoms in total. The monoisotopic (exact) mass is 316 g/mol. The van der Waals surface area contributed by atoms with Crippen LogP contribution in [0.25, 0.3) is 0 Å². The third kappa shape index (κ3) is 0.784. The van der Waals surface area contributed by atoms with Crippen molar-refractivity contribution in [2.45, 2.75) is 4.32 Å². The zero-order valence-corrected chi connectivity index (χ0v) is 10.2. The third-order valence-corrected chi connectivity index (χ3v) is 5.19. The first-order valence-electron chi connectivity index (χ1n) is 4.40. The van der Waals surface area contributed by atoms with Crippen LogP contribution >= 0.6 is 31.9 Å². The quantitative estimate of drug-likeness (QED) is 0.506. The Morgan fingerprint density at radius 3 is 2.71 bits per heavy atom. The van der Waals surface area contributed by atoms with Crippen molar-refractivity contribution in [2.75, 3.05) is 0 Å². The molecule has 3 aliphatic carbocycles. The molecule has 4 atom stereocenters. The van der Waals surface area contributed by atoms with Crippen molar-refractivity contribution in [3.63, 3.8) is 0 Å². The first-order chi connectivity index (χ1) is 6.55. The Labute approximate surface area is 97.7 Å². The average molecular weight is 318 g/mol. The molecule has 72 valence electrons. The molecule has 3 aliphatic rings. The Hall–Kier alpha value is -0.220. The second kappa shape index (κ2) is 2.47. The van der Waals surface area contributed by atoms with Crippen LogP contribution in [0.4, 0.5) is 0 Å². The maximum absolute atomic E-state index is 11.8. The van der Waals surface area contributed by atoms with E-state index in [2.05, 4.69) is 31.9 Å². The van der Waals surface area contributed by atoms with Gasteiger partial charge in [-0.05, 0) is 15.9 Å². The molecule has 0 radical (unpaired) electrons. The normalized spacial score (nSPS) is 48.7. The van der Waals surface area contributed by atoms with E-state index in [9.17, 15) is 9.59 Å². The van der Waals surface area contributed by atoms with Crippen molar-refractivity contribution < 1.29 is 9.59 Å². The van der Waals surface area contributed by atoms with Crippen LogP contribution in [0.3, 0.4) is 0 Å². The van der Waals surface area contributed by atoms with Gasteiger partial charge in [-0.15, -0.1) is 0 Å². The fourth-order valence-corrected chi connectivity index (χ4v) is 4.04. The average Bonchev–Trinajstić information content (AvgIpc) is 2.65. The lowest BCUT2D eigenvalue weighted by molar-refractivity contribution is -0.124. The standard InChI is InChI=1S/C10H6Br2O2/c11-6-3-5-7(8(6)13)4-1-2-10(5,12)9(4)14/h1-5,7H/t4-,5+,7+,10-/m0/s1. The molecular weight excluding hydrogens is 312 g/mol. The number of fused-ring (bicyclic) bond motifs is 5. The highest BCUT2D eigenvalue weighted by atomic mass is 79.9. The van der Waals surface area contributed by atoms with Crippen LogP contribution < -0.4 is 0 Å². The Kier molecular flexibility index (Phi) is 1.60. The number of carbonyl (C=O) groups is 2. The summed E-state index contributed by atoms with van der Waals surface area (Å²) in [6.45, 7) is 0. The first kappa shape index (κ1) is 9.04. The minimum atomic E-state index is -0.604. The molecule has 3 rings (SSSR count). The summed E-state index contributed by atoms with van der Waals surface area (Å²) >= 11 is 6.70. The largest absolute Gasteiger partial charge is 0.297 e. The summed E-state index contributed by atoms with van der Waals surface area (Å²) in [6.07, 6.45) is 5.61. The summed E-state index contributed by atoms with van der Waals surface area (Å²) in [4.78, 5) is 23.6. The van der Waals surface area contributed by atoms with Crippen LogP contribution in [0.15, 0.2) is 22.7 Å². The molecule has 0 aromatic rings. The predicted octanol–water partition coefficient (Wildman–Crippen LogP) is 1.98. The molecule has 0 aliphatic heterocycles. The molecular formula is C10H6Br2O2. The Morgan fingerprint density at radius 1 is 1.36 bits per heavy atom. The molecule has 0 spiro atoms. The molecule has 0 amide bonds. The summed E-state index contributed by atoms with van der Waals surface area (Å²) in [5, 5.41) is 0. The molecule has 0 N–H and O–H groups in total. The molecule has 0 unspecified atom stereocenters. The Bertz CT molecular complexity index is 424. The molecule has 0 aromatic heterocycles. The summed E-state index contributed by atoms with van der Waals surface area (Å²) in [5.74, 6) is -0.164. The van der Waals surface area contributed by atoms with Gasteiger partial charge in [0.1, 0.15) is 4.32 Å². The van der Waals surface area contributed by atoms with Crippen LogP contribution in [0.5, 0.6) is 0 Å². The van der Waals surface area contributed by atoms with E-state index >= 15 is 0 Å². The van der Waals surface area contributed by atoms with Gasteiger partial charge < -0.3 is 0 Å². The second-order valence-electron chi connectivity index (χ2n) is 3.95. The van der Waals surface area contributed by atoms with Crippen molar-refractivity contribution in [3.05, 3.63) is 22.7 Å². The molecule has 1 fully saturated rings. The van der Waals surface area contributed by atoms with Gasteiger partial charge in [0.25, 0.3) is 0 Å². The number of allylic oxidation sites excluding steroid dienone is 4. The van der Waals surface area contributed by atoms with Crippen LogP contribution in [0, 0.1) is 17.8 Å². The predicted molar refractivity (Wildman–Crippen MR) is 58.3 cm³/mol. The number of alkyl halides is 1. The highest BCUT2D eigenvalue weighted by Crippen LogP contribution is 2.57. The lowest BCUT2D eigenvalue weighted by Gasteiger charge is -2.22. The zero-order chi connectivity index (χ0) is 10.1. The summed E-state index contributed by atoms with van der Waals surface area (Å²) < 4.78 is 0.0191. The molecule has 0 aromatic carbocycles. The topological polar surface area (TPSA) is 34.1 Å². The van der Waals surface area contributed by atoms with Crippen LogP contribution in [-0.4, -0.2) is 15.9 Å². The zero-order valence-electron chi connectivity index (χ0n) is 7.04. The number of halogens is 2.